The Labute approximate surface area is 147 Å². The van der Waals surface area contributed by atoms with Gasteiger partial charge >= 0.3 is 0 Å². The number of amidine groups is 1. The Hall–Kier alpha value is -3.14. The van der Waals surface area contributed by atoms with Gasteiger partial charge in [-0.3, -0.25) is 9.98 Å². The zero-order valence-electron chi connectivity index (χ0n) is 14.4. The summed E-state index contributed by atoms with van der Waals surface area (Å²) in [5.41, 5.74) is 5.85. The Bertz CT molecular complexity index is 993. The number of nitrogens with one attached hydrogen (secondary N) is 1. The minimum atomic E-state index is 0.804. The van der Waals surface area contributed by atoms with E-state index in [0.717, 1.165) is 23.5 Å². The summed E-state index contributed by atoms with van der Waals surface area (Å²) in [7, 11) is 1.85. The van der Waals surface area contributed by atoms with Gasteiger partial charge in [-0.2, -0.15) is 0 Å². The zero-order chi connectivity index (χ0) is 17.2. The number of benzene rings is 1. The molecule has 0 saturated carbocycles. The average molecular weight is 328 g/mol. The molecule has 1 aromatic carbocycles. The molecule has 3 heterocycles. The molecule has 0 radical (unpaired) electrons. The van der Waals surface area contributed by atoms with E-state index in [2.05, 4.69) is 75.6 Å². The minimum Gasteiger partial charge on any atom is -0.359 e. The molecule has 25 heavy (non-hydrogen) atoms. The summed E-state index contributed by atoms with van der Waals surface area (Å²) < 4.78 is 0. The molecule has 1 N–H and O–H groups in total. The lowest BCUT2D eigenvalue weighted by atomic mass is 10.00. The van der Waals surface area contributed by atoms with Gasteiger partial charge in [0, 0.05) is 54.3 Å². The number of hydrogen-bond acceptors (Lipinski definition) is 2. The normalized spacial score (nSPS) is 17.7. The number of pyridine rings is 1. The molecule has 0 bridgehead atoms. The minimum absolute atomic E-state index is 0.804. The predicted molar refractivity (Wildman–Crippen MR) is 103 cm³/mol. The van der Waals surface area contributed by atoms with Crippen molar-refractivity contribution in [2.75, 3.05) is 7.05 Å². The average Bonchev–Trinajstić information content (AvgIpc) is 3.23. The summed E-state index contributed by atoms with van der Waals surface area (Å²) in [5, 5.41) is 1.18. The lowest BCUT2D eigenvalue weighted by Gasteiger charge is -2.17. The van der Waals surface area contributed by atoms with E-state index in [0.29, 0.717) is 0 Å². The number of aromatic amines is 1. The van der Waals surface area contributed by atoms with Gasteiger partial charge in [0.1, 0.15) is 5.84 Å². The van der Waals surface area contributed by atoms with Crippen molar-refractivity contribution in [1.29, 1.82) is 0 Å². The molecule has 4 rings (SSSR count). The maximum Gasteiger partial charge on any atom is 0.135 e. The van der Waals surface area contributed by atoms with Crippen molar-refractivity contribution in [2.24, 2.45) is 4.99 Å². The van der Waals surface area contributed by atoms with Crippen LogP contribution in [0.2, 0.25) is 0 Å². The number of fused-ring (bicyclic) bond motifs is 1. The number of allylic oxidation sites excluding steroid dienone is 1. The number of aromatic nitrogens is 2. The van der Waals surface area contributed by atoms with Gasteiger partial charge in [0.05, 0.1) is 11.7 Å². The quantitative estimate of drug-likeness (QED) is 0.775. The van der Waals surface area contributed by atoms with Crippen LogP contribution in [0.25, 0.3) is 16.5 Å². The molecule has 124 valence electrons. The Morgan fingerprint density at radius 3 is 2.80 bits per heavy atom. The van der Waals surface area contributed by atoms with Crippen molar-refractivity contribution in [3.8, 4) is 0 Å². The Kier molecular flexibility index (Phi) is 3.94. The van der Waals surface area contributed by atoms with E-state index in [-0.39, 0.29) is 0 Å². The van der Waals surface area contributed by atoms with Crippen LogP contribution in [0.1, 0.15) is 18.1 Å². The summed E-state index contributed by atoms with van der Waals surface area (Å²) in [6.07, 6.45) is 10.1. The van der Waals surface area contributed by atoms with Gasteiger partial charge in [-0.25, -0.2) is 0 Å². The number of nitrogens with zero attached hydrogens (tertiary/aromatic N) is 3. The van der Waals surface area contributed by atoms with Crippen molar-refractivity contribution in [1.82, 2.24) is 14.9 Å². The molecule has 0 amide bonds. The Morgan fingerprint density at radius 2 is 2.04 bits per heavy atom. The van der Waals surface area contributed by atoms with E-state index in [4.69, 9.17) is 0 Å². The van der Waals surface area contributed by atoms with Crippen molar-refractivity contribution in [2.45, 2.75) is 13.5 Å². The number of hydrogen-bond donors (Lipinski definition) is 1. The molecule has 1 aliphatic heterocycles. The van der Waals surface area contributed by atoms with Crippen molar-refractivity contribution in [3.05, 3.63) is 84.0 Å². The summed E-state index contributed by atoms with van der Waals surface area (Å²) in [4.78, 5) is 14.3. The van der Waals surface area contributed by atoms with Gasteiger partial charge in [0.15, 0.2) is 0 Å². The third-order valence-corrected chi connectivity index (χ3v) is 4.56. The second kappa shape index (κ2) is 6.40. The molecule has 0 fully saturated rings. The molecule has 0 unspecified atom stereocenters. The van der Waals surface area contributed by atoms with Gasteiger partial charge in [-0.05, 0) is 18.6 Å². The van der Waals surface area contributed by atoms with Crippen LogP contribution in [0.15, 0.2) is 77.8 Å². The second-order valence-electron chi connectivity index (χ2n) is 6.03. The van der Waals surface area contributed by atoms with Crippen LogP contribution in [0.5, 0.6) is 0 Å². The van der Waals surface area contributed by atoms with Crippen molar-refractivity contribution in [3.63, 3.8) is 0 Å². The fourth-order valence-corrected chi connectivity index (χ4v) is 3.41. The first-order valence-electron chi connectivity index (χ1n) is 8.39. The molecule has 4 heteroatoms. The highest BCUT2D eigenvalue weighted by molar-refractivity contribution is 6.18. The fraction of sp³-hybridized carbons (Fsp3) is 0.143. The smallest absolute Gasteiger partial charge is 0.135 e. The maximum atomic E-state index is 4.56. The Balaban J connectivity index is 1.79. The fourth-order valence-electron chi connectivity index (χ4n) is 3.41. The standard InChI is InChI=1S/C21H20N4/c1-3-16-19(18-11-24-20-12-23-10-9-17(18)20)14-25(21(16)22-2)13-15-7-5-4-6-8-15/h3-12,14,24H,13H2,1-2H3/b16-3-,22-21+. The van der Waals surface area contributed by atoms with Crippen LogP contribution in [-0.4, -0.2) is 27.8 Å². The summed E-state index contributed by atoms with van der Waals surface area (Å²) in [6, 6.07) is 12.5. The highest BCUT2D eigenvalue weighted by Crippen LogP contribution is 2.36. The van der Waals surface area contributed by atoms with Crippen molar-refractivity contribution < 1.29 is 0 Å². The van der Waals surface area contributed by atoms with E-state index in [9.17, 15) is 0 Å². The topological polar surface area (TPSA) is 44.3 Å². The van der Waals surface area contributed by atoms with Crippen LogP contribution in [0.3, 0.4) is 0 Å². The van der Waals surface area contributed by atoms with Crippen LogP contribution in [-0.2, 0) is 6.54 Å². The summed E-state index contributed by atoms with van der Waals surface area (Å²) in [5.74, 6) is 1.00. The molecule has 4 nitrogen and oxygen atoms in total. The van der Waals surface area contributed by atoms with Crippen molar-refractivity contribution >= 4 is 22.3 Å². The number of rotatable bonds is 3. The van der Waals surface area contributed by atoms with Gasteiger partial charge in [0.2, 0.25) is 0 Å². The van der Waals surface area contributed by atoms with E-state index < -0.39 is 0 Å². The molecule has 0 atom stereocenters. The molecule has 3 aromatic rings. The lowest BCUT2D eigenvalue weighted by molar-refractivity contribution is 0.563. The highest BCUT2D eigenvalue weighted by Gasteiger charge is 2.27. The maximum absolute atomic E-state index is 4.56. The van der Waals surface area contributed by atoms with Gasteiger partial charge in [-0.15, -0.1) is 0 Å². The molecular formula is C21H20N4. The molecule has 0 spiro atoms. The first kappa shape index (κ1) is 15.4. The van der Waals surface area contributed by atoms with Crippen LogP contribution < -0.4 is 0 Å². The largest absolute Gasteiger partial charge is 0.359 e. The number of aliphatic imine (C=N–C) groups is 1. The van der Waals surface area contributed by atoms with E-state index in [1.165, 1.54) is 22.1 Å². The van der Waals surface area contributed by atoms with Crippen LogP contribution >= 0.6 is 0 Å². The van der Waals surface area contributed by atoms with Crippen LogP contribution in [0.4, 0.5) is 0 Å². The predicted octanol–water partition coefficient (Wildman–Crippen LogP) is 4.39. The Morgan fingerprint density at radius 1 is 1.20 bits per heavy atom. The third-order valence-electron chi connectivity index (χ3n) is 4.56. The molecule has 2 aromatic heterocycles. The molecule has 0 saturated heterocycles. The van der Waals surface area contributed by atoms with Gasteiger partial charge in [-0.1, -0.05) is 36.4 Å². The van der Waals surface area contributed by atoms with Crippen LogP contribution in [0, 0.1) is 0 Å². The molecule has 0 aliphatic carbocycles. The van der Waals surface area contributed by atoms with E-state index in [1.54, 1.807) is 0 Å². The third kappa shape index (κ3) is 2.66. The first-order valence-corrected chi connectivity index (χ1v) is 8.39. The van der Waals surface area contributed by atoms with Gasteiger partial charge in [0.25, 0.3) is 0 Å². The summed E-state index contributed by atoms with van der Waals surface area (Å²) in [6.45, 7) is 2.87. The highest BCUT2D eigenvalue weighted by atomic mass is 15.2. The lowest BCUT2D eigenvalue weighted by Crippen LogP contribution is -2.22. The second-order valence-corrected chi connectivity index (χ2v) is 6.03. The van der Waals surface area contributed by atoms with E-state index >= 15 is 0 Å². The van der Waals surface area contributed by atoms with Gasteiger partial charge < -0.3 is 9.88 Å². The molecular weight excluding hydrogens is 308 g/mol. The zero-order valence-corrected chi connectivity index (χ0v) is 14.4. The molecule has 1 aliphatic rings. The first-order chi connectivity index (χ1) is 12.3. The number of H-pyrrole nitrogens is 1. The SMILES string of the molecule is C/C=C1/C(c2c[nH]c3cnccc23)=CN(Cc2ccccc2)/C1=N/C. The van der Waals surface area contributed by atoms with E-state index in [1.807, 2.05) is 25.5 Å². The monoisotopic (exact) mass is 328 g/mol. The summed E-state index contributed by atoms with van der Waals surface area (Å²) >= 11 is 0.